The Morgan fingerprint density at radius 2 is 1.52 bits per heavy atom. The third-order valence-electron chi connectivity index (χ3n) is 3.52. The molecule has 0 fully saturated rings. The van der Waals surface area contributed by atoms with E-state index in [0.29, 0.717) is 10.0 Å². The SMILES string of the molecule is NNC(c1cc(Cl)cc(Cl)c1)c1cccc2ccccc12. The lowest BCUT2D eigenvalue weighted by Crippen LogP contribution is -2.29. The van der Waals surface area contributed by atoms with Gasteiger partial charge in [0, 0.05) is 10.0 Å². The Balaban J connectivity index is 2.18. The first-order chi connectivity index (χ1) is 10.2. The standard InChI is InChI=1S/C17H14Cl2N2/c18-13-8-12(9-14(19)10-13)17(21-20)16-7-3-5-11-4-1-2-6-15(11)16/h1-10,17,21H,20H2. The molecule has 0 aromatic heterocycles. The summed E-state index contributed by atoms with van der Waals surface area (Å²) in [5.74, 6) is 5.79. The van der Waals surface area contributed by atoms with Crippen molar-refractivity contribution in [1.29, 1.82) is 0 Å². The van der Waals surface area contributed by atoms with Gasteiger partial charge in [0.1, 0.15) is 0 Å². The average molecular weight is 317 g/mol. The summed E-state index contributed by atoms with van der Waals surface area (Å²) in [6.07, 6.45) is 0. The van der Waals surface area contributed by atoms with E-state index in [4.69, 9.17) is 29.0 Å². The molecule has 3 aromatic rings. The molecule has 3 aromatic carbocycles. The van der Waals surface area contributed by atoms with Gasteiger partial charge in [0.25, 0.3) is 0 Å². The first-order valence-corrected chi connectivity index (χ1v) is 7.34. The molecule has 3 N–H and O–H groups in total. The molecule has 4 heteroatoms. The fourth-order valence-electron chi connectivity index (χ4n) is 2.61. The number of fused-ring (bicyclic) bond motifs is 1. The molecule has 1 atom stereocenters. The Kier molecular flexibility index (Phi) is 4.13. The Labute approximate surface area is 133 Å². The molecular formula is C17H14Cl2N2. The van der Waals surface area contributed by atoms with Crippen LogP contribution in [0.25, 0.3) is 10.8 Å². The molecule has 21 heavy (non-hydrogen) atoms. The van der Waals surface area contributed by atoms with Gasteiger partial charge in [-0.3, -0.25) is 5.84 Å². The number of hydrogen-bond acceptors (Lipinski definition) is 2. The van der Waals surface area contributed by atoms with Crippen LogP contribution in [0.2, 0.25) is 10.0 Å². The Hall–Kier alpha value is -1.58. The van der Waals surface area contributed by atoms with Crippen molar-refractivity contribution in [3.8, 4) is 0 Å². The van der Waals surface area contributed by atoms with Crippen LogP contribution in [-0.2, 0) is 0 Å². The quantitative estimate of drug-likeness (QED) is 0.543. The van der Waals surface area contributed by atoms with E-state index >= 15 is 0 Å². The zero-order chi connectivity index (χ0) is 14.8. The molecule has 2 nitrogen and oxygen atoms in total. The van der Waals surface area contributed by atoms with E-state index in [0.717, 1.165) is 16.5 Å². The molecule has 3 rings (SSSR count). The zero-order valence-corrected chi connectivity index (χ0v) is 12.7. The van der Waals surface area contributed by atoms with Crippen LogP contribution in [0.3, 0.4) is 0 Å². The molecule has 0 aliphatic carbocycles. The van der Waals surface area contributed by atoms with E-state index in [-0.39, 0.29) is 6.04 Å². The lowest BCUT2D eigenvalue weighted by molar-refractivity contribution is 0.641. The predicted molar refractivity (Wildman–Crippen MR) is 89.6 cm³/mol. The minimum atomic E-state index is -0.174. The minimum Gasteiger partial charge on any atom is -0.271 e. The van der Waals surface area contributed by atoms with E-state index in [1.807, 2.05) is 30.3 Å². The van der Waals surface area contributed by atoms with Crippen LogP contribution in [0, 0.1) is 0 Å². The van der Waals surface area contributed by atoms with E-state index in [2.05, 4.69) is 29.7 Å². The van der Waals surface area contributed by atoms with Crippen LogP contribution in [-0.4, -0.2) is 0 Å². The topological polar surface area (TPSA) is 38.0 Å². The molecule has 0 amide bonds. The van der Waals surface area contributed by atoms with E-state index in [9.17, 15) is 0 Å². The lowest BCUT2D eigenvalue weighted by Gasteiger charge is -2.19. The Morgan fingerprint density at radius 3 is 2.24 bits per heavy atom. The summed E-state index contributed by atoms with van der Waals surface area (Å²) < 4.78 is 0. The lowest BCUT2D eigenvalue weighted by atomic mass is 9.94. The van der Waals surface area contributed by atoms with Gasteiger partial charge in [-0.25, -0.2) is 5.43 Å². The zero-order valence-electron chi connectivity index (χ0n) is 11.2. The van der Waals surface area contributed by atoms with Gasteiger partial charge in [0.2, 0.25) is 0 Å². The molecule has 0 saturated carbocycles. The van der Waals surface area contributed by atoms with Gasteiger partial charge in [0.15, 0.2) is 0 Å². The Bertz CT molecular complexity index is 761. The van der Waals surface area contributed by atoms with Crippen LogP contribution >= 0.6 is 23.2 Å². The number of nitrogens with two attached hydrogens (primary N) is 1. The van der Waals surface area contributed by atoms with Gasteiger partial charge < -0.3 is 0 Å². The van der Waals surface area contributed by atoms with Gasteiger partial charge in [-0.15, -0.1) is 0 Å². The normalized spacial score (nSPS) is 12.5. The first-order valence-electron chi connectivity index (χ1n) is 6.59. The molecular weight excluding hydrogens is 303 g/mol. The fraction of sp³-hybridized carbons (Fsp3) is 0.0588. The van der Waals surface area contributed by atoms with E-state index < -0.39 is 0 Å². The highest BCUT2D eigenvalue weighted by atomic mass is 35.5. The molecule has 0 heterocycles. The first kappa shape index (κ1) is 14.4. The van der Waals surface area contributed by atoms with Crippen molar-refractivity contribution in [1.82, 2.24) is 5.43 Å². The van der Waals surface area contributed by atoms with Crippen molar-refractivity contribution in [2.45, 2.75) is 6.04 Å². The molecule has 0 saturated heterocycles. The second-order valence-electron chi connectivity index (χ2n) is 4.87. The van der Waals surface area contributed by atoms with Crippen molar-refractivity contribution < 1.29 is 0 Å². The van der Waals surface area contributed by atoms with Crippen LogP contribution in [0.5, 0.6) is 0 Å². The van der Waals surface area contributed by atoms with Crippen molar-refractivity contribution in [2.24, 2.45) is 5.84 Å². The summed E-state index contributed by atoms with van der Waals surface area (Å²) in [5.41, 5.74) is 4.89. The number of rotatable bonds is 3. The maximum absolute atomic E-state index is 6.10. The second kappa shape index (κ2) is 6.04. The molecule has 0 radical (unpaired) electrons. The van der Waals surface area contributed by atoms with E-state index in [1.165, 1.54) is 5.39 Å². The number of hydrazine groups is 1. The second-order valence-corrected chi connectivity index (χ2v) is 5.74. The van der Waals surface area contributed by atoms with Crippen molar-refractivity contribution in [2.75, 3.05) is 0 Å². The van der Waals surface area contributed by atoms with Gasteiger partial charge >= 0.3 is 0 Å². The highest BCUT2D eigenvalue weighted by Crippen LogP contribution is 2.31. The molecule has 0 bridgehead atoms. The number of nitrogens with one attached hydrogen (secondary N) is 1. The van der Waals surface area contributed by atoms with E-state index in [1.54, 1.807) is 6.07 Å². The summed E-state index contributed by atoms with van der Waals surface area (Å²) in [4.78, 5) is 0. The third kappa shape index (κ3) is 2.89. The summed E-state index contributed by atoms with van der Waals surface area (Å²) in [5, 5.41) is 3.51. The van der Waals surface area contributed by atoms with Crippen molar-refractivity contribution >= 4 is 34.0 Å². The minimum absolute atomic E-state index is 0.174. The molecule has 0 aliphatic heterocycles. The maximum Gasteiger partial charge on any atom is 0.0717 e. The van der Waals surface area contributed by atoms with Gasteiger partial charge in [-0.05, 0) is 40.1 Å². The number of hydrogen-bond donors (Lipinski definition) is 2. The van der Waals surface area contributed by atoms with Crippen molar-refractivity contribution in [3.05, 3.63) is 81.8 Å². The van der Waals surface area contributed by atoms with Crippen molar-refractivity contribution in [3.63, 3.8) is 0 Å². The molecule has 106 valence electrons. The number of benzene rings is 3. The maximum atomic E-state index is 6.10. The summed E-state index contributed by atoms with van der Waals surface area (Å²) in [6.45, 7) is 0. The molecule has 0 spiro atoms. The summed E-state index contributed by atoms with van der Waals surface area (Å²) in [6, 6.07) is 19.7. The summed E-state index contributed by atoms with van der Waals surface area (Å²) >= 11 is 12.2. The van der Waals surface area contributed by atoms with Gasteiger partial charge in [0.05, 0.1) is 6.04 Å². The third-order valence-corrected chi connectivity index (χ3v) is 3.96. The van der Waals surface area contributed by atoms with Gasteiger partial charge in [-0.2, -0.15) is 0 Å². The van der Waals surface area contributed by atoms with Crippen LogP contribution in [0.15, 0.2) is 60.7 Å². The monoisotopic (exact) mass is 316 g/mol. The summed E-state index contributed by atoms with van der Waals surface area (Å²) in [7, 11) is 0. The van der Waals surface area contributed by atoms with Crippen LogP contribution in [0.1, 0.15) is 17.2 Å². The Morgan fingerprint density at radius 1 is 0.857 bits per heavy atom. The van der Waals surface area contributed by atoms with Crippen LogP contribution < -0.4 is 11.3 Å². The average Bonchev–Trinajstić information content (AvgIpc) is 2.47. The predicted octanol–water partition coefficient (Wildman–Crippen LogP) is 4.70. The smallest absolute Gasteiger partial charge is 0.0717 e. The largest absolute Gasteiger partial charge is 0.271 e. The molecule has 1 unspecified atom stereocenters. The molecule has 0 aliphatic rings. The highest BCUT2D eigenvalue weighted by molar-refractivity contribution is 6.34. The van der Waals surface area contributed by atoms with Gasteiger partial charge in [-0.1, -0.05) is 65.7 Å². The highest BCUT2D eigenvalue weighted by Gasteiger charge is 2.16. The number of halogens is 2. The fourth-order valence-corrected chi connectivity index (χ4v) is 3.15. The van der Waals surface area contributed by atoms with Crippen LogP contribution in [0.4, 0.5) is 0 Å².